The van der Waals surface area contributed by atoms with E-state index >= 15 is 0 Å². The molecule has 136 valence electrons. The Labute approximate surface area is 162 Å². The number of para-hydroxylation sites is 1. The van der Waals surface area contributed by atoms with Crippen molar-refractivity contribution in [1.82, 2.24) is 9.55 Å². The number of hydrogen-bond donors (Lipinski definition) is 0. The molecule has 0 unspecified atom stereocenters. The van der Waals surface area contributed by atoms with Gasteiger partial charge in [-0.05, 0) is 35.7 Å². The van der Waals surface area contributed by atoms with Crippen molar-refractivity contribution in [3.63, 3.8) is 0 Å². The molecule has 0 aliphatic carbocycles. The Hall–Kier alpha value is -2.84. The summed E-state index contributed by atoms with van der Waals surface area (Å²) in [5.41, 5.74) is 0.643. The number of fused-ring (bicyclic) bond motifs is 1. The molecule has 0 aliphatic rings. The van der Waals surface area contributed by atoms with Crippen molar-refractivity contribution in [3.05, 3.63) is 75.8 Å². The number of esters is 1. The van der Waals surface area contributed by atoms with Gasteiger partial charge in [-0.25, -0.2) is 9.78 Å². The Morgan fingerprint density at radius 1 is 1.22 bits per heavy atom. The molecule has 0 amide bonds. The molecule has 0 N–H and O–H groups in total. The van der Waals surface area contributed by atoms with Crippen LogP contribution in [0.25, 0.3) is 15.9 Å². The molecular formula is C19H14N2O4S2. The number of rotatable bonds is 5. The zero-order valence-corrected chi connectivity index (χ0v) is 15.9. The van der Waals surface area contributed by atoms with Crippen LogP contribution in [0.5, 0.6) is 0 Å². The summed E-state index contributed by atoms with van der Waals surface area (Å²) in [6, 6.07) is 14.5. The van der Waals surface area contributed by atoms with E-state index in [0.29, 0.717) is 26.9 Å². The number of methoxy groups -OCH3 is 1. The van der Waals surface area contributed by atoms with Crippen molar-refractivity contribution in [2.45, 2.75) is 10.9 Å². The van der Waals surface area contributed by atoms with Crippen LogP contribution < -0.4 is 5.56 Å². The predicted molar refractivity (Wildman–Crippen MR) is 105 cm³/mol. The highest BCUT2D eigenvalue weighted by Gasteiger charge is 2.16. The molecule has 0 radical (unpaired) electrons. The number of thioether (sulfide) groups is 1. The summed E-state index contributed by atoms with van der Waals surface area (Å²) in [6.45, 7) is 0. The van der Waals surface area contributed by atoms with Gasteiger partial charge in [-0.15, -0.1) is 11.3 Å². The molecule has 0 saturated carbocycles. The van der Waals surface area contributed by atoms with Crippen LogP contribution in [0.2, 0.25) is 0 Å². The molecule has 4 aromatic rings. The Balaban J connectivity index is 1.71. The van der Waals surface area contributed by atoms with Crippen molar-refractivity contribution in [2.24, 2.45) is 0 Å². The number of nitrogens with zero attached hydrogens (tertiary/aromatic N) is 2. The van der Waals surface area contributed by atoms with E-state index in [4.69, 9.17) is 4.42 Å². The van der Waals surface area contributed by atoms with E-state index in [9.17, 15) is 9.59 Å². The molecule has 6 nitrogen and oxygen atoms in total. The van der Waals surface area contributed by atoms with E-state index in [2.05, 4.69) is 9.72 Å². The first-order valence-corrected chi connectivity index (χ1v) is 9.89. The molecule has 4 rings (SSSR count). The fourth-order valence-electron chi connectivity index (χ4n) is 2.60. The fourth-order valence-corrected chi connectivity index (χ4v) is 4.31. The monoisotopic (exact) mass is 398 g/mol. The van der Waals surface area contributed by atoms with Crippen molar-refractivity contribution in [1.29, 1.82) is 0 Å². The molecule has 3 heterocycles. The van der Waals surface area contributed by atoms with Crippen molar-refractivity contribution in [3.8, 4) is 5.69 Å². The minimum atomic E-state index is -0.523. The predicted octanol–water partition coefficient (Wildman–Crippen LogP) is 4.12. The first-order chi connectivity index (χ1) is 13.2. The van der Waals surface area contributed by atoms with Gasteiger partial charge in [-0.1, -0.05) is 30.0 Å². The third-order valence-corrected chi connectivity index (χ3v) is 5.64. The number of carbonyl (C=O) groups is 1. The van der Waals surface area contributed by atoms with Crippen LogP contribution in [0.15, 0.2) is 68.3 Å². The standard InChI is InChI=1S/C19H14N2O4S2/c1-24-18(23)15-8-7-13(25-15)11-27-19-20-16-14(9-10-26-16)17(22)21(19)12-5-3-2-4-6-12/h2-10H,11H2,1H3. The lowest BCUT2D eigenvalue weighted by Crippen LogP contribution is -2.21. The van der Waals surface area contributed by atoms with Gasteiger partial charge in [-0.3, -0.25) is 9.36 Å². The Morgan fingerprint density at radius 3 is 2.81 bits per heavy atom. The summed E-state index contributed by atoms with van der Waals surface area (Å²) in [4.78, 5) is 29.9. The molecule has 27 heavy (non-hydrogen) atoms. The van der Waals surface area contributed by atoms with Crippen molar-refractivity contribution < 1.29 is 13.9 Å². The molecule has 0 fully saturated rings. The van der Waals surface area contributed by atoms with Gasteiger partial charge in [0.25, 0.3) is 5.56 Å². The number of thiophene rings is 1. The summed E-state index contributed by atoms with van der Waals surface area (Å²) >= 11 is 2.80. The lowest BCUT2D eigenvalue weighted by molar-refractivity contribution is 0.0563. The SMILES string of the molecule is COC(=O)c1ccc(CSc2nc3sccc3c(=O)n2-c2ccccc2)o1. The third kappa shape index (κ3) is 3.41. The van der Waals surface area contributed by atoms with Crippen LogP contribution in [0.3, 0.4) is 0 Å². The largest absolute Gasteiger partial charge is 0.463 e. The second kappa shape index (κ2) is 7.42. The molecule has 0 saturated heterocycles. The molecular weight excluding hydrogens is 384 g/mol. The van der Waals surface area contributed by atoms with Gasteiger partial charge >= 0.3 is 5.97 Å². The quantitative estimate of drug-likeness (QED) is 0.286. The lowest BCUT2D eigenvalue weighted by Gasteiger charge is -2.11. The smallest absolute Gasteiger partial charge is 0.373 e. The highest BCUT2D eigenvalue weighted by atomic mass is 32.2. The second-order valence-electron chi connectivity index (χ2n) is 5.56. The summed E-state index contributed by atoms with van der Waals surface area (Å²) in [6.07, 6.45) is 0. The van der Waals surface area contributed by atoms with Crippen molar-refractivity contribution in [2.75, 3.05) is 7.11 Å². The molecule has 8 heteroatoms. The first kappa shape index (κ1) is 17.6. The van der Waals surface area contributed by atoms with Crippen LogP contribution in [0, 0.1) is 0 Å². The molecule has 0 aliphatic heterocycles. The fraction of sp³-hybridized carbons (Fsp3) is 0.105. The van der Waals surface area contributed by atoms with Gasteiger partial charge in [0, 0.05) is 0 Å². The maximum atomic E-state index is 13.0. The van der Waals surface area contributed by atoms with Gasteiger partial charge in [0.2, 0.25) is 5.76 Å². The Bertz CT molecular complexity index is 1160. The van der Waals surface area contributed by atoms with Crippen LogP contribution in [0.1, 0.15) is 16.3 Å². The number of carbonyl (C=O) groups excluding carboxylic acids is 1. The zero-order chi connectivity index (χ0) is 18.8. The maximum Gasteiger partial charge on any atom is 0.373 e. The Morgan fingerprint density at radius 2 is 2.04 bits per heavy atom. The summed E-state index contributed by atoms with van der Waals surface area (Å²) < 4.78 is 11.7. The number of aromatic nitrogens is 2. The summed E-state index contributed by atoms with van der Waals surface area (Å²) in [5.74, 6) is 0.647. The van der Waals surface area contributed by atoms with E-state index < -0.39 is 5.97 Å². The van der Waals surface area contributed by atoms with Gasteiger partial charge in [0.1, 0.15) is 10.6 Å². The van der Waals surface area contributed by atoms with E-state index in [-0.39, 0.29) is 11.3 Å². The summed E-state index contributed by atoms with van der Waals surface area (Å²) in [7, 11) is 1.30. The van der Waals surface area contributed by atoms with Gasteiger partial charge in [0.05, 0.1) is 23.9 Å². The minimum absolute atomic E-state index is 0.107. The normalized spacial score (nSPS) is 11.0. The lowest BCUT2D eigenvalue weighted by atomic mass is 10.3. The first-order valence-electron chi connectivity index (χ1n) is 8.03. The Kier molecular flexibility index (Phi) is 4.83. The van der Waals surface area contributed by atoms with Crippen LogP contribution in [-0.2, 0) is 10.5 Å². The van der Waals surface area contributed by atoms with Crippen LogP contribution in [0.4, 0.5) is 0 Å². The molecule has 0 bridgehead atoms. The maximum absolute atomic E-state index is 13.0. The number of furan rings is 1. The number of hydrogen-bond acceptors (Lipinski definition) is 7. The number of ether oxygens (including phenoxy) is 1. The third-order valence-electron chi connectivity index (χ3n) is 3.87. The highest BCUT2D eigenvalue weighted by molar-refractivity contribution is 7.98. The second-order valence-corrected chi connectivity index (χ2v) is 7.39. The topological polar surface area (TPSA) is 74.3 Å². The van der Waals surface area contributed by atoms with E-state index in [1.165, 1.54) is 30.2 Å². The van der Waals surface area contributed by atoms with Gasteiger partial charge < -0.3 is 9.15 Å². The molecule has 3 aromatic heterocycles. The van der Waals surface area contributed by atoms with E-state index in [1.807, 2.05) is 35.7 Å². The molecule has 0 spiro atoms. The van der Waals surface area contributed by atoms with E-state index in [0.717, 1.165) is 5.69 Å². The van der Waals surface area contributed by atoms with E-state index in [1.54, 1.807) is 22.8 Å². The van der Waals surface area contributed by atoms with Crippen LogP contribution in [-0.4, -0.2) is 22.6 Å². The average molecular weight is 398 g/mol. The zero-order valence-electron chi connectivity index (χ0n) is 14.2. The van der Waals surface area contributed by atoms with Gasteiger partial charge in [0.15, 0.2) is 5.16 Å². The van der Waals surface area contributed by atoms with Gasteiger partial charge in [-0.2, -0.15) is 0 Å². The van der Waals surface area contributed by atoms with Crippen LogP contribution >= 0.6 is 23.1 Å². The number of benzene rings is 1. The highest BCUT2D eigenvalue weighted by Crippen LogP contribution is 2.27. The average Bonchev–Trinajstić information content (AvgIpc) is 3.36. The molecule has 1 aromatic carbocycles. The minimum Gasteiger partial charge on any atom is -0.463 e. The van der Waals surface area contributed by atoms with Crippen molar-refractivity contribution >= 4 is 39.3 Å². The molecule has 0 atom stereocenters. The summed E-state index contributed by atoms with van der Waals surface area (Å²) in [5, 5.41) is 3.02.